The molecule has 146 valence electrons. The summed E-state index contributed by atoms with van der Waals surface area (Å²) in [6.07, 6.45) is 0. The zero-order valence-electron chi connectivity index (χ0n) is 16.5. The SMILES string of the molecule is Clc1cccc2oc3cc(-n4c5ccccc5c5c6ccccc6ccc54)ccc3c12. The van der Waals surface area contributed by atoms with Crippen LogP contribution < -0.4 is 0 Å². The molecule has 7 aromatic rings. The number of benzene rings is 5. The van der Waals surface area contributed by atoms with Gasteiger partial charge in [0.1, 0.15) is 11.2 Å². The van der Waals surface area contributed by atoms with Crippen molar-refractivity contribution in [2.24, 2.45) is 0 Å². The summed E-state index contributed by atoms with van der Waals surface area (Å²) < 4.78 is 8.49. The predicted octanol–water partition coefficient (Wildman–Crippen LogP) is 8.49. The van der Waals surface area contributed by atoms with Crippen LogP contribution in [-0.2, 0) is 0 Å². The van der Waals surface area contributed by atoms with E-state index in [4.69, 9.17) is 16.0 Å². The maximum absolute atomic E-state index is 6.46. The van der Waals surface area contributed by atoms with Gasteiger partial charge in [-0.2, -0.15) is 0 Å². The van der Waals surface area contributed by atoms with Gasteiger partial charge in [0, 0.05) is 33.3 Å². The van der Waals surface area contributed by atoms with E-state index >= 15 is 0 Å². The number of halogens is 1. The highest BCUT2D eigenvalue weighted by atomic mass is 35.5. The van der Waals surface area contributed by atoms with Crippen molar-refractivity contribution >= 4 is 66.1 Å². The molecule has 0 saturated heterocycles. The molecule has 0 aliphatic heterocycles. The average molecular weight is 418 g/mol. The highest BCUT2D eigenvalue weighted by molar-refractivity contribution is 6.37. The Morgan fingerprint density at radius 2 is 1.42 bits per heavy atom. The third-order valence-electron chi connectivity index (χ3n) is 6.25. The number of para-hydroxylation sites is 1. The van der Waals surface area contributed by atoms with Gasteiger partial charge in [0.15, 0.2) is 0 Å². The van der Waals surface area contributed by atoms with Crippen molar-refractivity contribution in [2.75, 3.05) is 0 Å². The smallest absolute Gasteiger partial charge is 0.137 e. The highest BCUT2D eigenvalue weighted by Crippen LogP contribution is 2.39. The van der Waals surface area contributed by atoms with Crippen LogP contribution in [-0.4, -0.2) is 4.57 Å². The summed E-state index contributed by atoms with van der Waals surface area (Å²) in [7, 11) is 0. The second kappa shape index (κ2) is 6.13. The van der Waals surface area contributed by atoms with E-state index < -0.39 is 0 Å². The summed E-state index contributed by atoms with van der Waals surface area (Å²) in [5.41, 5.74) is 5.10. The van der Waals surface area contributed by atoms with E-state index in [9.17, 15) is 0 Å². The van der Waals surface area contributed by atoms with Gasteiger partial charge in [-0.05, 0) is 47.2 Å². The van der Waals surface area contributed by atoms with Crippen LogP contribution in [0.5, 0.6) is 0 Å². The van der Waals surface area contributed by atoms with Crippen molar-refractivity contribution in [1.29, 1.82) is 0 Å². The van der Waals surface area contributed by atoms with Crippen LogP contribution in [0.3, 0.4) is 0 Å². The lowest BCUT2D eigenvalue weighted by Gasteiger charge is -2.08. The topological polar surface area (TPSA) is 18.1 Å². The molecular formula is C28H16ClNO. The molecule has 0 unspecified atom stereocenters. The van der Waals surface area contributed by atoms with Gasteiger partial charge in [0.05, 0.1) is 16.1 Å². The number of fused-ring (bicyclic) bond motifs is 8. The van der Waals surface area contributed by atoms with Crippen molar-refractivity contribution in [2.45, 2.75) is 0 Å². The second-order valence-electron chi connectivity index (χ2n) is 7.93. The Labute approximate surface area is 182 Å². The standard InChI is InChI=1S/C28H16ClNO/c29-22-9-5-11-25-28(22)21-14-13-18(16-26(21)31-25)30-23-10-4-3-8-20(23)27-19-7-2-1-6-17(19)12-15-24(27)30/h1-16H. The molecule has 2 heterocycles. The number of hydrogen-bond acceptors (Lipinski definition) is 1. The first kappa shape index (κ1) is 17.0. The van der Waals surface area contributed by atoms with Crippen molar-refractivity contribution in [3.05, 3.63) is 102 Å². The van der Waals surface area contributed by atoms with Crippen molar-refractivity contribution in [3.63, 3.8) is 0 Å². The Hall–Kier alpha value is -3.75. The van der Waals surface area contributed by atoms with E-state index in [1.165, 1.54) is 32.6 Å². The van der Waals surface area contributed by atoms with Crippen molar-refractivity contribution in [1.82, 2.24) is 4.57 Å². The molecule has 0 aliphatic rings. The fourth-order valence-corrected chi connectivity index (χ4v) is 5.20. The Kier molecular flexibility index (Phi) is 3.36. The largest absolute Gasteiger partial charge is 0.456 e. The Morgan fingerprint density at radius 3 is 2.35 bits per heavy atom. The molecule has 0 radical (unpaired) electrons. The van der Waals surface area contributed by atoms with Gasteiger partial charge in [0.25, 0.3) is 0 Å². The second-order valence-corrected chi connectivity index (χ2v) is 8.34. The maximum Gasteiger partial charge on any atom is 0.137 e. The van der Waals surface area contributed by atoms with Gasteiger partial charge >= 0.3 is 0 Å². The zero-order valence-corrected chi connectivity index (χ0v) is 17.2. The Bertz CT molecular complexity index is 1810. The Morgan fingerprint density at radius 1 is 0.581 bits per heavy atom. The summed E-state index contributed by atoms with van der Waals surface area (Å²) in [4.78, 5) is 0. The van der Waals surface area contributed by atoms with E-state index in [1.54, 1.807) is 0 Å². The molecule has 31 heavy (non-hydrogen) atoms. The lowest BCUT2D eigenvalue weighted by Crippen LogP contribution is -1.93. The number of aromatic nitrogens is 1. The minimum absolute atomic E-state index is 0.715. The predicted molar refractivity (Wildman–Crippen MR) is 131 cm³/mol. The van der Waals surface area contributed by atoms with Crippen LogP contribution in [0.15, 0.2) is 101 Å². The number of nitrogens with zero attached hydrogens (tertiary/aromatic N) is 1. The minimum atomic E-state index is 0.715. The van der Waals surface area contributed by atoms with Gasteiger partial charge in [-0.25, -0.2) is 0 Å². The lowest BCUT2D eigenvalue weighted by molar-refractivity contribution is 0.668. The molecule has 0 aliphatic carbocycles. The van der Waals surface area contributed by atoms with Gasteiger partial charge in [0.2, 0.25) is 0 Å². The van der Waals surface area contributed by atoms with Gasteiger partial charge in [-0.3, -0.25) is 0 Å². The van der Waals surface area contributed by atoms with Crippen LogP contribution >= 0.6 is 11.6 Å². The first-order valence-corrected chi connectivity index (χ1v) is 10.7. The summed E-state index contributed by atoms with van der Waals surface area (Å²) in [5.74, 6) is 0. The van der Waals surface area contributed by atoms with Crippen LogP contribution in [0.2, 0.25) is 5.02 Å². The number of rotatable bonds is 1. The molecule has 2 nitrogen and oxygen atoms in total. The first-order chi connectivity index (χ1) is 15.3. The fraction of sp³-hybridized carbons (Fsp3) is 0. The Balaban J connectivity index is 1.62. The summed E-state index contributed by atoms with van der Waals surface area (Å²) in [6, 6.07) is 33.8. The summed E-state index contributed by atoms with van der Waals surface area (Å²) in [6.45, 7) is 0. The van der Waals surface area contributed by atoms with Crippen LogP contribution in [0.4, 0.5) is 0 Å². The van der Waals surface area contributed by atoms with Crippen LogP contribution in [0.25, 0.3) is 60.2 Å². The van der Waals surface area contributed by atoms with Gasteiger partial charge in [-0.1, -0.05) is 66.2 Å². The van der Waals surface area contributed by atoms with Crippen LogP contribution in [0.1, 0.15) is 0 Å². The number of hydrogen-bond donors (Lipinski definition) is 0. The third kappa shape index (κ3) is 2.28. The van der Waals surface area contributed by atoms with Crippen LogP contribution in [0, 0.1) is 0 Å². The number of furan rings is 1. The summed E-state index contributed by atoms with van der Waals surface area (Å²) in [5, 5.41) is 7.78. The molecular weight excluding hydrogens is 402 g/mol. The molecule has 0 fully saturated rings. The van der Waals surface area contributed by atoms with Gasteiger partial charge < -0.3 is 8.98 Å². The molecule has 7 rings (SSSR count). The van der Waals surface area contributed by atoms with Crippen molar-refractivity contribution in [3.8, 4) is 5.69 Å². The van der Waals surface area contributed by atoms with E-state index in [2.05, 4.69) is 83.4 Å². The molecule has 3 heteroatoms. The van der Waals surface area contributed by atoms with Gasteiger partial charge in [-0.15, -0.1) is 0 Å². The zero-order chi connectivity index (χ0) is 20.5. The lowest BCUT2D eigenvalue weighted by atomic mass is 10.0. The van der Waals surface area contributed by atoms with E-state index in [0.29, 0.717) is 5.02 Å². The van der Waals surface area contributed by atoms with E-state index in [0.717, 1.165) is 27.6 Å². The quantitative estimate of drug-likeness (QED) is 0.262. The molecule has 2 aromatic heterocycles. The normalized spacial score (nSPS) is 12.0. The molecule has 0 spiro atoms. The van der Waals surface area contributed by atoms with E-state index in [-0.39, 0.29) is 0 Å². The maximum atomic E-state index is 6.46. The monoisotopic (exact) mass is 417 g/mol. The fourth-order valence-electron chi connectivity index (χ4n) is 4.93. The summed E-state index contributed by atoms with van der Waals surface area (Å²) >= 11 is 6.46. The molecule has 0 N–H and O–H groups in total. The molecule has 0 amide bonds. The van der Waals surface area contributed by atoms with Crippen molar-refractivity contribution < 1.29 is 4.42 Å². The molecule has 0 saturated carbocycles. The third-order valence-corrected chi connectivity index (χ3v) is 6.57. The molecule has 5 aromatic carbocycles. The average Bonchev–Trinajstić information content (AvgIpc) is 3.35. The highest BCUT2D eigenvalue weighted by Gasteiger charge is 2.16. The van der Waals surface area contributed by atoms with E-state index in [1.807, 2.05) is 18.2 Å². The molecule has 0 atom stereocenters. The molecule has 0 bridgehead atoms. The minimum Gasteiger partial charge on any atom is -0.456 e. The first-order valence-electron chi connectivity index (χ1n) is 10.3.